The Morgan fingerprint density at radius 2 is 1.80 bits per heavy atom. The summed E-state index contributed by atoms with van der Waals surface area (Å²) in [6.07, 6.45) is -2.43. The van der Waals surface area contributed by atoms with Gasteiger partial charge in [-0.15, -0.1) is 11.0 Å². The predicted octanol–water partition coefficient (Wildman–Crippen LogP) is 0.911. The monoisotopic (exact) mass is 498 g/mol. The molecule has 10 nitrogen and oxygen atoms in total. The minimum absolute atomic E-state index is 0.000990. The molecule has 13 heteroatoms. The number of hydroxylamine groups is 1. The lowest BCUT2D eigenvalue weighted by atomic mass is 9.95. The van der Waals surface area contributed by atoms with Gasteiger partial charge in [0.15, 0.2) is 17.8 Å². The highest BCUT2D eigenvalue weighted by Gasteiger charge is 2.51. The molecule has 4 rings (SSSR count). The van der Waals surface area contributed by atoms with Crippen molar-refractivity contribution in [2.75, 3.05) is 42.7 Å². The molecule has 0 radical (unpaired) electrons. The summed E-state index contributed by atoms with van der Waals surface area (Å²) in [5.74, 6) is 3.08. The van der Waals surface area contributed by atoms with E-state index >= 15 is 0 Å². The molecule has 1 aromatic rings. The van der Waals surface area contributed by atoms with Crippen LogP contribution in [0, 0.1) is 11.8 Å². The lowest BCUT2D eigenvalue weighted by Crippen LogP contribution is -2.61. The molecule has 35 heavy (non-hydrogen) atoms. The number of nitrogens with one attached hydrogen (secondary N) is 1. The normalized spacial score (nSPS) is 21.5. The molecule has 1 aliphatic carbocycles. The van der Waals surface area contributed by atoms with Crippen LogP contribution >= 0.6 is 0 Å². The van der Waals surface area contributed by atoms with Crippen molar-refractivity contribution in [1.29, 1.82) is 0 Å². The molecule has 0 aromatic carbocycles. The van der Waals surface area contributed by atoms with Crippen LogP contribution in [0.25, 0.3) is 0 Å². The van der Waals surface area contributed by atoms with Crippen LogP contribution in [-0.4, -0.2) is 65.2 Å². The van der Waals surface area contributed by atoms with Gasteiger partial charge >= 0.3 is 17.8 Å². The standard InChI is InChI=1S/C22H29F3N6O4/c1-3-4-12-29-16-17(30(15-8-6-5-7-9-15)21(34)27(2)18(16)32)31(35-19(33)22(23,24)25)20(29)28-13-10-26-11-14-28/h15,20,26H,5-14H2,1-2H3. The summed E-state index contributed by atoms with van der Waals surface area (Å²) >= 11 is 0. The van der Waals surface area contributed by atoms with Crippen LogP contribution in [0.5, 0.6) is 0 Å². The Morgan fingerprint density at radius 3 is 2.40 bits per heavy atom. The largest absolute Gasteiger partial charge is 0.493 e. The van der Waals surface area contributed by atoms with Gasteiger partial charge in [0.25, 0.3) is 5.56 Å². The van der Waals surface area contributed by atoms with Crippen LogP contribution < -0.4 is 26.5 Å². The maximum absolute atomic E-state index is 13.4. The van der Waals surface area contributed by atoms with Crippen LogP contribution in [0.15, 0.2) is 9.59 Å². The molecule has 0 bridgehead atoms. The summed E-state index contributed by atoms with van der Waals surface area (Å²) in [7, 11) is 1.35. The average molecular weight is 499 g/mol. The number of carbonyl (C=O) groups is 1. The molecule has 3 aliphatic rings. The second kappa shape index (κ2) is 9.94. The first kappa shape index (κ1) is 25.1. The van der Waals surface area contributed by atoms with Gasteiger partial charge in [0, 0.05) is 39.3 Å². The quantitative estimate of drug-likeness (QED) is 0.613. The summed E-state index contributed by atoms with van der Waals surface area (Å²) in [5, 5.41) is 3.99. The molecule has 2 fully saturated rings. The van der Waals surface area contributed by atoms with Crippen molar-refractivity contribution in [3.63, 3.8) is 0 Å². The van der Waals surface area contributed by atoms with Crippen molar-refractivity contribution in [2.45, 2.75) is 57.5 Å². The zero-order valence-electron chi connectivity index (χ0n) is 19.7. The number of nitrogens with zero attached hydrogens (tertiary/aromatic N) is 5. The molecule has 1 N–H and O–H groups in total. The fourth-order valence-corrected chi connectivity index (χ4v) is 5.00. The van der Waals surface area contributed by atoms with Crippen molar-refractivity contribution >= 4 is 17.5 Å². The van der Waals surface area contributed by atoms with Crippen molar-refractivity contribution < 1.29 is 22.8 Å². The number of fused-ring (bicyclic) bond motifs is 1. The van der Waals surface area contributed by atoms with Crippen LogP contribution in [-0.2, 0) is 16.7 Å². The minimum atomic E-state index is -5.26. The highest BCUT2D eigenvalue weighted by Crippen LogP contribution is 2.42. The Bertz CT molecular complexity index is 1140. The Hall–Kier alpha value is -2.98. The molecule has 1 unspecified atom stereocenters. The van der Waals surface area contributed by atoms with Crippen LogP contribution in [0.4, 0.5) is 24.7 Å². The Kier molecular flexibility index (Phi) is 7.14. The molecule has 192 valence electrons. The van der Waals surface area contributed by atoms with E-state index in [1.165, 1.54) is 16.5 Å². The Balaban J connectivity index is 1.96. The molecule has 0 amide bonds. The maximum atomic E-state index is 13.4. The highest BCUT2D eigenvalue weighted by atomic mass is 19.4. The number of alkyl halides is 3. The first-order valence-corrected chi connectivity index (χ1v) is 11.7. The second-order valence-electron chi connectivity index (χ2n) is 8.87. The summed E-state index contributed by atoms with van der Waals surface area (Å²) in [6.45, 7) is 3.55. The highest BCUT2D eigenvalue weighted by molar-refractivity contribution is 5.80. The fourth-order valence-electron chi connectivity index (χ4n) is 5.00. The number of carbonyl (C=O) groups excluding carboxylic acids is 1. The molecule has 1 atom stereocenters. The van der Waals surface area contributed by atoms with Crippen molar-refractivity contribution in [1.82, 2.24) is 19.4 Å². The van der Waals surface area contributed by atoms with Gasteiger partial charge in [-0.3, -0.25) is 18.8 Å². The van der Waals surface area contributed by atoms with Gasteiger partial charge in [-0.05, 0) is 19.8 Å². The smallest absolute Gasteiger partial charge is 0.327 e. The van der Waals surface area contributed by atoms with E-state index in [-0.39, 0.29) is 24.1 Å². The second-order valence-corrected chi connectivity index (χ2v) is 8.87. The molecule has 2 aliphatic heterocycles. The molecular formula is C22H29F3N6O4. The van der Waals surface area contributed by atoms with E-state index in [1.54, 1.807) is 6.92 Å². The summed E-state index contributed by atoms with van der Waals surface area (Å²) in [6, 6.07) is -0.343. The van der Waals surface area contributed by atoms with Crippen LogP contribution in [0.2, 0.25) is 0 Å². The minimum Gasteiger partial charge on any atom is -0.327 e. The maximum Gasteiger partial charge on any atom is 0.493 e. The molecule has 1 aromatic heterocycles. The number of piperazine rings is 1. The number of aromatic nitrogens is 2. The zero-order chi connectivity index (χ0) is 25.3. The topological polar surface area (TPSA) is 92.0 Å². The van der Waals surface area contributed by atoms with Gasteiger partial charge in [-0.25, -0.2) is 9.59 Å². The number of anilines is 2. The van der Waals surface area contributed by atoms with Gasteiger partial charge < -0.3 is 15.1 Å². The fraction of sp³-hybridized carbons (Fsp3) is 0.682. The van der Waals surface area contributed by atoms with Gasteiger partial charge in [-0.1, -0.05) is 25.2 Å². The molecule has 1 saturated carbocycles. The number of hydrogen-bond donors (Lipinski definition) is 1. The first-order valence-electron chi connectivity index (χ1n) is 11.7. The first-order chi connectivity index (χ1) is 16.7. The Labute approximate surface area is 200 Å². The summed E-state index contributed by atoms with van der Waals surface area (Å²) in [4.78, 5) is 47.1. The van der Waals surface area contributed by atoms with Crippen LogP contribution in [0.1, 0.15) is 45.1 Å². The number of hydrogen-bond acceptors (Lipinski definition) is 8. The van der Waals surface area contributed by atoms with Gasteiger partial charge in [0.2, 0.25) is 0 Å². The van der Waals surface area contributed by atoms with E-state index in [1.807, 2.05) is 4.90 Å². The lowest BCUT2D eigenvalue weighted by molar-refractivity contribution is -0.203. The van der Waals surface area contributed by atoms with Crippen LogP contribution in [0.3, 0.4) is 0 Å². The average Bonchev–Trinajstić information content (AvgIpc) is 3.15. The van der Waals surface area contributed by atoms with E-state index < -0.39 is 29.7 Å². The zero-order valence-corrected chi connectivity index (χ0v) is 19.7. The molecule has 1 saturated heterocycles. The van der Waals surface area contributed by atoms with Gasteiger partial charge in [0.05, 0.1) is 6.54 Å². The number of halogens is 3. The Morgan fingerprint density at radius 1 is 1.14 bits per heavy atom. The van der Waals surface area contributed by atoms with Crippen molar-refractivity contribution in [3.05, 3.63) is 20.8 Å². The summed E-state index contributed by atoms with van der Waals surface area (Å²) < 4.78 is 42.3. The number of rotatable bonds is 4. The van der Waals surface area contributed by atoms with Crippen molar-refractivity contribution in [2.24, 2.45) is 7.05 Å². The third kappa shape index (κ3) is 4.64. The molecular weight excluding hydrogens is 469 g/mol. The lowest BCUT2D eigenvalue weighted by Gasteiger charge is -2.40. The van der Waals surface area contributed by atoms with E-state index in [0.717, 1.165) is 28.9 Å². The third-order valence-electron chi connectivity index (χ3n) is 6.68. The van der Waals surface area contributed by atoms with Gasteiger partial charge in [-0.2, -0.15) is 13.2 Å². The third-order valence-corrected chi connectivity index (χ3v) is 6.68. The van der Waals surface area contributed by atoms with E-state index in [2.05, 4.69) is 17.2 Å². The predicted molar refractivity (Wildman–Crippen MR) is 122 cm³/mol. The summed E-state index contributed by atoms with van der Waals surface area (Å²) in [5.41, 5.74) is -1.34. The van der Waals surface area contributed by atoms with E-state index in [4.69, 9.17) is 4.84 Å². The van der Waals surface area contributed by atoms with E-state index in [0.29, 0.717) is 39.0 Å². The van der Waals surface area contributed by atoms with Gasteiger partial charge in [0.1, 0.15) is 0 Å². The van der Waals surface area contributed by atoms with Crippen molar-refractivity contribution in [3.8, 4) is 11.8 Å². The molecule has 0 spiro atoms. The SMILES string of the molecule is CC#CCN1c2c(n(C3CCCCC3)c(=O)n(C)c2=O)N(OC(=O)C(F)(F)F)C1N1CCNCC1. The molecule has 3 heterocycles. The van der Waals surface area contributed by atoms with E-state index in [9.17, 15) is 27.6 Å².